The molecule has 1 fully saturated rings. The number of rotatable bonds is 11. The third kappa shape index (κ3) is 7.41. The molecule has 5 nitrogen and oxygen atoms in total. The lowest BCUT2D eigenvalue weighted by molar-refractivity contribution is -0.137. The fraction of sp³-hybridized carbons (Fsp3) is 0.478. The highest BCUT2D eigenvalue weighted by molar-refractivity contribution is 5.86. The number of aliphatic hydroxyl groups excluding tert-OH is 2. The molecule has 1 saturated carbocycles. The zero-order valence-electron chi connectivity index (χ0n) is 16.1. The number of hydrogen-bond donors (Lipinski definition) is 3. The van der Waals surface area contributed by atoms with Crippen LogP contribution >= 0.6 is 0 Å². The SMILES string of the molecule is O=C(O)CCCC=CC[C@H]1[C@@H](O)CC(=O)[C@@H]1C=C[C@H](O)CCc1ccccc1. The van der Waals surface area contributed by atoms with Crippen molar-refractivity contribution in [3.05, 3.63) is 60.2 Å². The van der Waals surface area contributed by atoms with Crippen LogP contribution in [0.5, 0.6) is 0 Å². The van der Waals surface area contributed by atoms with E-state index in [0.717, 1.165) is 12.0 Å². The average molecular weight is 386 g/mol. The van der Waals surface area contributed by atoms with E-state index in [2.05, 4.69) is 0 Å². The summed E-state index contributed by atoms with van der Waals surface area (Å²) in [4.78, 5) is 22.7. The Hall–Kier alpha value is -2.24. The summed E-state index contributed by atoms with van der Waals surface area (Å²) in [5, 5.41) is 29.0. The minimum absolute atomic E-state index is 0.00304. The monoisotopic (exact) mass is 386 g/mol. The Morgan fingerprint density at radius 2 is 1.96 bits per heavy atom. The van der Waals surface area contributed by atoms with Crippen molar-refractivity contribution in [2.75, 3.05) is 0 Å². The number of Topliss-reactive ketones (excluding diaryl/α,β-unsaturated/α-hetero) is 1. The third-order valence-corrected chi connectivity index (χ3v) is 5.19. The van der Waals surface area contributed by atoms with Gasteiger partial charge in [-0.15, -0.1) is 0 Å². The summed E-state index contributed by atoms with van der Waals surface area (Å²) in [6.45, 7) is 0. The molecule has 0 saturated heterocycles. The van der Waals surface area contributed by atoms with Gasteiger partial charge in [0.2, 0.25) is 0 Å². The molecule has 0 spiro atoms. The first kappa shape index (κ1) is 22.1. The van der Waals surface area contributed by atoms with Crippen molar-refractivity contribution in [3.8, 4) is 0 Å². The number of allylic oxidation sites excluding steroid dienone is 3. The molecule has 152 valence electrons. The Morgan fingerprint density at radius 3 is 2.68 bits per heavy atom. The van der Waals surface area contributed by atoms with Crippen LogP contribution in [0.15, 0.2) is 54.6 Å². The Morgan fingerprint density at radius 1 is 1.21 bits per heavy atom. The van der Waals surface area contributed by atoms with E-state index in [1.54, 1.807) is 12.2 Å². The van der Waals surface area contributed by atoms with Crippen molar-refractivity contribution in [2.24, 2.45) is 11.8 Å². The van der Waals surface area contributed by atoms with E-state index in [4.69, 9.17) is 5.11 Å². The number of carbonyl (C=O) groups excluding carboxylic acids is 1. The quantitative estimate of drug-likeness (QED) is 0.401. The highest BCUT2D eigenvalue weighted by Crippen LogP contribution is 2.33. The van der Waals surface area contributed by atoms with Gasteiger partial charge in [0, 0.05) is 24.7 Å². The van der Waals surface area contributed by atoms with Crippen molar-refractivity contribution in [2.45, 2.75) is 57.2 Å². The maximum atomic E-state index is 12.2. The predicted octanol–water partition coefficient (Wildman–Crippen LogP) is 3.30. The van der Waals surface area contributed by atoms with Gasteiger partial charge in [0.25, 0.3) is 0 Å². The second-order valence-corrected chi connectivity index (χ2v) is 7.40. The van der Waals surface area contributed by atoms with Gasteiger partial charge in [0.1, 0.15) is 5.78 Å². The minimum Gasteiger partial charge on any atom is -0.481 e. The molecule has 0 unspecified atom stereocenters. The van der Waals surface area contributed by atoms with Crippen LogP contribution in [0.3, 0.4) is 0 Å². The van der Waals surface area contributed by atoms with Crippen molar-refractivity contribution >= 4 is 11.8 Å². The smallest absolute Gasteiger partial charge is 0.303 e. The van der Waals surface area contributed by atoms with Gasteiger partial charge in [-0.2, -0.15) is 0 Å². The number of carboxylic acids is 1. The molecule has 1 aliphatic rings. The van der Waals surface area contributed by atoms with E-state index in [-0.39, 0.29) is 30.5 Å². The maximum absolute atomic E-state index is 12.2. The van der Waals surface area contributed by atoms with E-state index < -0.39 is 18.2 Å². The fourth-order valence-electron chi connectivity index (χ4n) is 3.57. The fourth-order valence-corrected chi connectivity index (χ4v) is 3.57. The molecule has 4 atom stereocenters. The molecule has 1 aromatic rings. The van der Waals surface area contributed by atoms with E-state index in [1.165, 1.54) is 0 Å². The number of ketones is 1. The van der Waals surface area contributed by atoms with Crippen LogP contribution in [0.25, 0.3) is 0 Å². The summed E-state index contributed by atoms with van der Waals surface area (Å²) in [6.07, 6.45) is 9.39. The van der Waals surface area contributed by atoms with Crippen LogP contribution in [0.4, 0.5) is 0 Å². The normalized spacial score (nSPS) is 23.6. The molecule has 0 aromatic heterocycles. The Labute approximate surface area is 166 Å². The van der Waals surface area contributed by atoms with E-state index >= 15 is 0 Å². The molecule has 1 aromatic carbocycles. The number of aliphatic carboxylic acids is 1. The lowest BCUT2D eigenvalue weighted by Crippen LogP contribution is -2.19. The van der Waals surface area contributed by atoms with Crippen LogP contribution in [0, 0.1) is 11.8 Å². The molecule has 0 bridgehead atoms. The van der Waals surface area contributed by atoms with E-state index in [9.17, 15) is 19.8 Å². The van der Waals surface area contributed by atoms with Crippen LogP contribution < -0.4 is 0 Å². The van der Waals surface area contributed by atoms with Gasteiger partial charge in [0.15, 0.2) is 0 Å². The minimum atomic E-state index is -0.804. The van der Waals surface area contributed by atoms with Crippen molar-refractivity contribution in [3.63, 3.8) is 0 Å². The molecule has 2 rings (SSSR count). The largest absolute Gasteiger partial charge is 0.481 e. The topological polar surface area (TPSA) is 94.8 Å². The highest BCUT2D eigenvalue weighted by atomic mass is 16.4. The number of benzene rings is 1. The highest BCUT2D eigenvalue weighted by Gasteiger charge is 2.39. The molecular weight excluding hydrogens is 356 g/mol. The van der Waals surface area contributed by atoms with E-state index in [0.29, 0.717) is 25.7 Å². The number of unbranched alkanes of at least 4 members (excludes halogenated alkanes) is 1. The van der Waals surface area contributed by atoms with Gasteiger partial charge in [0.05, 0.1) is 12.2 Å². The Bertz CT molecular complexity index is 679. The van der Waals surface area contributed by atoms with Crippen molar-refractivity contribution in [1.29, 1.82) is 0 Å². The van der Waals surface area contributed by atoms with Crippen LogP contribution in [0.1, 0.15) is 44.1 Å². The summed E-state index contributed by atoms with van der Waals surface area (Å²) in [5.74, 6) is -1.38. The molecule has 3 N–H and O–H groups in total. The number of aryl methyl sites for hydroxylation is 1. The molecular formula is C23H30O5. The first-order valence-corrected chi connectivity index (χ1v) is 9.95. The molecule has 5 heteroatoms. The lowest BCUT2D eigenvalue weighted by Gasteiger charge is -2.17. The summed E-state index contributed by atoms with van der Waals surface area (Å²) in [5.41, 5.74) is 1.16. The molecule has 28 heavy (non-hydrogen) atoms. The van der Waals surface area contributed by atoms with Gasteiger partial charge < -0.3 is 15.3 Å². The summed E-state index contributed by atoms with van der Waals surface area (Å²) in [7, 11) is 0. The van der Waals surface area contributed by atoms with Crippen LogP contribution in [-0.4, -0.2) is 39.3 Å². The molecule has 0 amide bonds. The summed E-state index contributed by atoms with van der Waals surface area (Å²) >= 11 is 0. The number of carbonyl (C=O) groups is 2. The van der Waals surface area contributed by atoms with Crippen LogP contribution in [-0.2, 0) is 16.0 Å². The Balaban J connectivity index is 1.82. The second kappa shape index (κ2) is 11.6. The first-order chi connectivity index (χ1) is 13.5. The van der Waals surface area contributed by atoms with Gasteiger partial charge in [-0.25, -0.2) is 0 Å². The van der Waals surface area contributed by atoms with Crippen LogP contribution in [0.2, 0.25) is 0 Å². The molecule has 0 aliphatic heterocycles. The standard InChI is InChI=1S/C23H30O5/c24-18(13-12-17-8-4-3-5-9-17)14-15-20-19(21(25)16-22(20)26)10-6-1-2-7-11-23(27)28/h1,3-6,8-9,14-15,18-21,24-25H,2,7,10-13,16H2,(H,27,28)/t18-,19-,20-,21+/m1/s1. The average Bonchev–Trinajstić information content (AvgIpc) is 2.94. The van der Waals surface area contributed by atoms with Gasteiger partial charge >= 0.3 is 5.97 Å². The molecule has 1 aliphatic carbocycles. The van der Waals surface area contributed by atoms with Gasteiger partial charge in [-0.05, 0) is 37.7 Å². The maximum Gasteiger partial charge on any atom is 0.303 e. The zero-order chi connectivity index (χ0) is 20.4. The number of carboxylic acid groups (broad SMARTS) is 1. The van der Waals surface area contributed by atoms with Gasteiger partial charge in [-0.1, -0.05) is 54.6 Å². The summed E-state index contributed by atoms with van der Waals surface area (Å²) < 4.78 is 0. The first-order valence-electron chi connectivity index (χ1n) is 9.95. The van der Waals surface area contributed by atoms with E-state index in [1.807, 2.05) is 42.5 Å². The molecule has 0 heterocycles. The lowest BCUT2D eigenvalue weighted by atomic mass is 9.90. The Kier molecular flexibility index (Phi) is 9.11. The molecule has 0 radical (unpaired) electrons. The number of hydrogen-bond acceptors (Lipinski definition) is 4. The predicted molar refractivity (Wildman–Crippen MR) is 108 cm³/mol. The van der Waals surface area contributed by atoms with Crippen molar-refractivity contribution < 1.29 is 24.9 Å². The number of aliphatic hydroxyl groups is 2. The third-order valence-electron chi connectivity index (χ3n) is 5.19. The zero-order valence-corrected chi connectivity index (χ0v) is 16.1. The second-order valence-electron chi connectivity index (χ2n) is 7.40. The van der Waals surface area contributed by atoms with Gasteiger partial charge in [-0.3, -0.25) is 9.59 Å². The van der Waals surface area contributed by atoms with Crippen molar-refractivity contribution in [1.82, 2.24) is 0 Å². The summed E-state index contributed by atoms with van der Waals surface area (Å²) in [6, 6.07) is 9.93.